The summed E-state index contributed by atoms with van der Waals surface area (Å²) in [7, 11) is 1.65. The molecular weight excluding hydrogens is 290 g/mol. The fourth-order valence-electron chi connectivity index (χ4n) is 2.23. The van der Waals surface area contributed by atoms with Crippen LogP contribution in [0, 0.1) is 6.92 Å². The number of amides is 1. The second kappa shape index (κ2) is 8.34. The van der Waals surface area contributed by atoms with Gasteiger partial charge in [-0.05, 0) is 43.2 Å². The Bertz CT molecular complexity index is 637. The first-order valence-electron chi connectivity index (χ1n) is 7.74. The summed E-state index contributed by atoms with van der Waals surface area (Å²) in [5.74, 6) is 0.549. The molecule has 23 heavy (non-hydrogen) atoms. The molecule has 1 amide bonds. The van der Waals surface area contributed by atoms with Gasteiger partial charge >= 0.3 is 0 Å². The molecule has 1 unspecified atom stereocenters. The van der Waals surface area contributed by atoms with Crippen LogP contribution in [0.15, 0.2) is 48.5 Å². The average Bonchev–Trinajstić information content (AvgIpc) is 2.55. The van der Waals surface area contributed by atoms with Gasteiger partial charge in [0.05, 0.1) is 6.61 Å². The maximum absolute atomic E-state index is 12.4. The third kappa shape index (κ3) is 5.11. The van der Waals surface area contributed by atoms with Crippen molar-refractivity contribution in [1.29, 1.82) is 0 Å². The molecule has 1 atom stereocenters. The van der Waals surface area contributed by atoms with Crippen LogP contribution < -0.4 is 10.1 Å². The van der Waals surface area contributed by atoms with Gasteiger partial charge in [-0.3, -0.25) is 4.79 Å². The van der Waals surface area contributed by atoms with Crippen molar-refractivity contribution in [1.82, 2.24) is 0 Å². The van der Waals surface area contributed by atoms with Crippen molar-refractivity contribution in [3.63, 3.8) is 0 Å². The number of hydrogen-bond acceptors (Lipinski definition) is 3. The lowest BCUT2D eigenvalue weighted by atomic mass is 10.2. The Labute approximate surface area is 137 Å². The zero-order chi connectivity index (χ0) is 16.7. The fourth-order valence-corrected chi connectivity index (χ4v) is 2.23. The van der Waals surface area contributed by atoms with E-state index in [1.165, 1.54) is 0 Å². The lowest BCUT2D eigenvalue weighted by Gasteiger charge is -2.17. The molecule has 2 aromatic carbocycles. The summed E-state index contributed by atoms with van der Waals surface area (Å²) in [6.07, 6.45) is 0.0704. The summed E-state index contributed by atoms with van der Waals surface area (Å²) in [4.78, 5) is 12.4. The van der Waals surface area contributed by atoms with Gasteiger partial charge in [-0.2, -0.15) is 0 Å². The minimum absolute atomic E-state index is 0.150. The van der Waals surface area contributed by atoms with Gasteiger partial charge in [0.1, 0.15) is 5.75 Å². The Morgan fingerprint density at radius 1 is 1.17 bits per heavy atom. The average molecular weight is 313 g/mol. The number of methoxy groups -OCH3 is 1. The molecule has 0 radical (unpaired) electrons. The van der Waals surface area contributed by atoms with Crippen LogP contribution in [0.3, 0.4) is 0 Å². The molecular formula is C19H23NO3. The van der Waals surface area contributed by atoms with Gasteiger partial charge in [-0.1, -0.05) is 36.8 Å². The summed E-state index contributed by atoms with van der Waals surface area (Å²) in [6.45, 7) is 4.46. The van der Waals surface area contributed by atoms with E-state index in [1.807, 2.05) is 62.4 Å². The highest BCUT2D eigenvalue weighted by Gasteiger charge is 2.18. The van der Waals surface area contributed by atoms with Crippen molar-refractivity contribution in [2.24, 2.45) is 0 Å². The van der Waals surface area contributed by atoms with Gasteiger partial charge in [0.25, 0.3) is 5.91 Å². The second-order valence-electron chi connectivity index (χ2n) is 5.45. The summed E-state index contributed by atoms with van der Waals surface area (Å²) < 4.78 is 10.9. The number of ether oxygens (including phenoxy) is 2. The molecule has 0 spiro atoms. The summed E-state index contributed by atoms with van der Waals surface area (Å²) in [5, 5.41) is 2.90. The van der Waals surface area contributed by atoms with Crippen molar-refractivity contribution >= 4 is 11.6 Å². The van der Waals surface area contributed by atoms with E-state index in [1.54, 1.807) is 7.11 Å². The van der Waals surface area contributed by atoms with Gasteiger partial charge in [0.2, 0.25) is 0 Å². The van der Waals surface area contributed by atoms with Crippen molar-refractivity contribution in [3.8, 4) is 5.75 Å². The third-order valence-corrected chi connectivity index (χ3v) is 3.47. The summed E-state index contributed by atoms with van der Waals surface area (Å²) >= 11 is 0. The van der Waals surface area contributed by atoms with E-state index in [9.17, 15) is 4.79 Å². The topological polar surface area (TPSA) is 47.6 Å². The molecule has 0 saturated heterocycles. The molecule has 0 fully saturated rings. The molecule has 0 aliphatic heterocycles. The van der Waals surface area contributed by atoms with Gasteiger partial charge in [0, 0.05) is 12.8 Å². The summed E-state index contributed by atoms with van der Waals surface area (Å²) in [5.41, 5.74) is 2.91. The largest absolute Gasteiger partial charge is 0.481 e. The van der Waals surface area contributed by atoms with Crippen LogP contribution in [0.4, 0.5) is 5.69 Å². The monoisotopic (exact) mass is 313 g/mol. The predicted octanol–water partition coefficient (Wildman–Crippen LogP) is 3.94. The van der Waals surface area contributed by atoms with Gasteiger partial charge in [-0.15, -0.1) is 0 Å². The van der Waals surface area contributed by atoms with E-state index in [0.717, 1.165) is 16.8 Å². The van der Waals surface area contributed by atoms with E-state index < -0.39 is 6.10 Å². The van der Waals surface area contributed by atoms with E-state index in [0.29, 0.717) is 18.8 Å². The SMILES string of the molecule is CCC(Oc1ccc(C)cc1)C(=O)Nc1cccc(COC)c1. The molecule has 1 N–H and O–H groups in total. The van der Waals surface area contributed by atoms with Crippen LogP contribution in [0.1, 0.15) is 24.5 Å². The Hall–Kier alpha value is -2.33. The summed E-state index contributed by atoms with van der Waals surface area (Å²) in [6, 6.07) is 15.3. The number of hydrogen-bond donors (Lipinski definition) is 1. The first kappa shape index (κ1) is 17.0. The molecule has 122 valence electrons. The highest BCUT2D eigenvalue weighted by molar-refractivity contribution is 5.94. The number of benzene rings is 2. The van der Waals surface area contributed by atoms with E-state index in [-0.39, 0.29) is 5.91 Å². The smallest absolute Gasteiger partial charge is 0.265 e. The molecule has 0 aromatic heterocycles. The first-order chi connectivity index (χ1) is 11.1. The third-order valence-electron chi connectivity index (χ3n) is 3.47. The lowest BCUT2D eigenvalue weighted by Crippen LogP contribution is -2.32. The Kier molecular flexibility index (Phi) is 6.18. The normalized spacial score (nSPS) is 11.8. The maximum atomic E-state index is 12.4. The highest BCUT2D eigenvalue weighted by atomic mass is 16.5. The minimum Gasteiger partial charge on any atom is -0.481 e. The Morgan fingerprint density at radius 3 is 2.57 bits per heavy atom. The molecule has 4 nitrogen and oxygen atoms in total. The number of anilines is 1. The van der Waals surface area contributed by atoms with Crippen LogP contribution in [0.2, 0.25) is 0 Å². The van der Waals surface area contributed by atoms with Gasteiger partial charge in [0.15, 0.2) is 6.10 Å². The van der Waals surface area contributed by atoms with Crippen LogP contribution in [-0.2, 0) is 16.1 Å². The number of carbonyl (C=O) groups excluding carboxylic acids is 1. The molecule has 0 aliphatic carbocycles. The minimum atomic E-state index is -0.524. The Morgan fingerprint density at radius 2 is 1.91 bits per heavy atom. The number of rotatable bonds is 7. The Balaban J connectivity index is 2.02. The number of aryl methyl sites for hydroxylation is 1. The van der Waals surface area contributed by atoms with Gasteiger partial charge in [-0.25, -0.2) is 0 Å². The number of nitrogens with one attached hydrogen (secondary N) is 1. The maximum Gasteiger partial charge on any atom is 0.265 e. The standard InChI is InChI=1S/C19H23NO3/c1-4-18(23-17-10-8-14(2)9-11-17)19(21)20-16-7-5-6-15(12-16)13-22-3/h5-12,18H,4,13H2,1-3H3,(H,20,21). The molecule has 0 aliphatic rings. The van der Waals surface area contributed by atoms with Crippen LogP contribution >= 0.6 is 0 Å². The first-order valence-corrected chi connectivity index (χ1v) is 7.74. The van der Waals surface area contributed by atoms with Crippen molar-refractivity contribution in [2.75, 3.05) is 12.4 Å². The lowest BCUT2D eigenvalue weighted by molar-refractivity contribution is -0.122. The van der Waals surface area contributed by atoms with E-state index in [2.05, 4.69) is 5.32 Å². The second-order valence-corrected chi connectivity index (χ2v) is 5.45. The molecule has 0 heterocycles. The van der Waals surface area contributed by atoms with Crippen LogP contribution in [0.5, 0.6) is 5.75 Å². The molecule has 4 heteroatoms. The highest BCUT2D eigenvalue weighted by Crippen LogP contribution is 2.17. The predicted molar refractivity (Wildman–Crippen MR) is 91.7 cm³/mol. The van der Waals surface area contributed by atoms with Crippen molar-refractivity contribution in [2.45, 2.75) is 33.0 Å². The van der Waals surface area contributed by atoms with E-state index >= 15 is 0 Å². The van der Waals surface area contributed by atoms with E-state index in [4.69, 9.17) is 9.47 Å². The zero-order valence-corrected chi connectivity index (χ0v) is 13.8. The van der Waals surface area contributed by atoms with Gasteiger partial charge < -0.3 is 14.8 Å². The van der Waals surface area contributed by atoms with Crippen LogP contribution in [-0.4, -0.2) is 19.1 Å². The van der Waals surface area contributed by atoms with Crippen molar-refractivity contribution in [3.05, 3.63) is 59.7 Å². The molecule has 2 rings (SSSR count). The molecule has 0 saturated carbocycles. The fraction of sp³-hybridized carbons (Fsp3) is 0.316. The zero-order valence-electron chi connectivity index (χ0n) is 13.8. The quantitative estimate of drug-likeness (QED) is 0.842. The number of carbonyl (C=O) groups is 1. The molecule has 2 aromatic rings. The molecule has 0 bridgehead atoms. The van der Waals surface area contributed by atoms with Crippen LogP contribution in [0.25, 0.3) is 0 Å². The van der Waals surface area contributed by atoms with Crippen molar-refractivity contribution < 1.29 is 14.3 Å².